The average molecular weight is 364 g/mol. The van der Waals surface area contributed by atoms with Crippen LogP contribution in [0, 0.1) is 6.92 Å². The normalized spacial score (nSPS) is 11.0. The maximum atomic E-state index is 6.41. The Hall–Kier alpha value is -2.35. The summed E-state index contributed by atoms with van der Waals surface area (Å²) in [5, 5.41) is 3.38. The smallest absolute Gasteiger partial charge is 0.0810 e. The molecule has 0 saturated carbocycles. The topological polar surface area (TPSA) is 12.9 Å². The molecule has 0 atom stereocenters. The maximum absolute atomic E-state index is 6.41. The van der Waals surface area contributed by atoms with Gasteiger partial charge in [0.25, 0.3) is 0 Å². The van der Waals surface area contributed by atoms with E-state index in [-0.39, 0.29) is 0 Å². The lowest BCUT2D eigenvalue weighted by Gasteiger charge is -2.12. The van der Waals surface area contributed by atoms with Crippen molar-refractivity contribution in [2.75, 3.05) is 0 Å². The Morgan fingerprint density at radius 3 is 2.12 bits per heavy atom. The summed E-state index contributed by atoms with van der Waals surface area (Å²) in [6.07, 6.45) is 1.81. The Morgan fingerprint density at radius 1 is 0.720 bits per heavy atom. The molecule has 0 aliphatic carbocycles. The molecule has 1 nitrogen and oxygen atoms in total. The van der Waals surface area contributed by atoms with Crippen LogP contribution >= 0.6 is 23.2 Å². The number of benzene rings is 3. The van der Waals surface area contributed by atoms with E-state index < -0.39 is 0 Å². The first-order chi connectivity index (χ1) is 12.1. The lowest BCUT2D eigenvalue weighted by Crippen LogP contribution is -1.90. The number of pyridine rings is 1. The van der Waals surface area contributed by atoms with Crippen LogP contribution in [0.2, 0.25) is 10.0 Å². The predicted molar refractivity (Wildman–Crippen MR) is 107 cm³/mol. The second-order valence-electron chi connectivity index (χ2n) is 6.02. The molecule has 122 valence electrons. The lowest BCUT2D eigenvalue weighted by atomic mass is 9.96. The molecular formula is C22H15Cl2N. The standard InChI is InChI=1S/C22H15Cl2N/c1-14-8-10-15(11-9-14)16-4-2-5-18-17(16)12-13-25-22(18)21-19(23)6-3-7-20(21)24/h2-13H,1H3. The van der Waals surface area contributed by atoms with Gasteiger partial charge >= 0.3 is 0 Å². The molecule has 4 rings (SSSR count). The highest BCUT2D eigenvalue weighted by Crippen LogP contribution is 2.39. The average Bonchev–Trinajstić information content (AvgIpc) is 2.62. The van der Waals surface area contributed by atoms with E-state index in [4.69, 9.17) is 23.2 Å². The van der Waals surface area contributed by atoms with Crippen molar-refractivity contribution in [3.8, 4) is 22.4 Å². The van der Waals surface area contributed by atoms with Crippen LogP contribution in [0.25, 0.3) is 33.2 Å². The Kier molecular flexibility index (Phi) is 4.20. The minimum atomic E-state index is 0.605. The van der Waals surface area contributed by atoms with Gasteiger partial charge in [0.1, 0.15) is 0 Å². The Bertz CT molecular complexity index is 1050. The van der Waals surface area contributed by atoms with Gasteiger partial charge in [-0.1, -0.05) is 77.3 Å². The number of aryl methyl sites for hydroxylation is 1. The first-order valence-corrected chi connectivity index (χ1v) is 8.80. The van der Waals surface area contributed by atoms with Crippen LogP contribution in [0.5, 0.6) is 0 Å². The Morgan fingerprint density at radius 2 is 1.40 bits per heavy atom. The van der Waals surface area contributed by atoms with Crippen LogP contribution in [-0.2, 0) is 0 Å². The van der Waals surface area contributed by atoms with Crippen LogP contribution in [0.1, 0.15) is 5.56 Å². The van der Waals surface area contributed by atoms with Crippen molar-refractivity contribution in [1.29, 1.82) is 0 Å². The summed E-state index contributed by atoms with van der Waals surface area (Å²) in [7, 11) is 0. The molecule has 0 N–H and O–H groups in total. The summed E-state index contributed by atoms with van der Waals surface area (Å²) in [6.45, 7) is 2.09. The molecule has 0 radical (unpaired) electrons. The summed E-state index contributed by atoms with van der Waals surface area (Å²) in [4.78, 5) is 4.58. The molecule has 1 heterocycles. The first-order valence-electron chi connectivity index (χ1n) is 8.04. The number of halogens is 2. The molecule has 3 aromatic carbocycles. The summed E-state index contributed by atoms with van der Waals surface area (Å²) >= 11 is 12.8. The fourth-order valence-electron chi connectivity index (χ4n) is 3.12. The van der Waals surface area contributed by atoms with Gasteiger partial charge in [-0.3, -0.25) is 4.98 Å². The largest absolute Gasteiger partial charge is 0.255 e. The first kappa shape index (κ1) is 16.1. The number of hydrogen-bond acceptors (Lipinski definition) is 1. The van der Waals surface area contributed by atoms with Crippen molar-refractivity contribution in [2.24, 2.45) is 0 Å². The Balaban J connectivity index is 2.01. The van der Waals surface area contributed by atoms with Crippen molar-refractivity contribution in [3.05, 3.63) is 88.5 Å². The van der Waals surface area contributed by atoms with E-state index in [9.17, 15) is 0 Å². The van der Waals surface area contributed by atoms with E-state index in [2.05, 4.69) is 48.3 Å². The number of fused-ring (bicyclic) bond motifs is 1. The summed E-state index contributed by atoms with van der Waals surface area (Å²) < 4.78 is 0. The lowest BCUT2D eigenvalue weighted by molar-refractivity contribution is 1.36. The van der Waals surface area contributed by atoms with Crippen LogP contribution in [0.3, 0.4) is 0 Å². The van der Waals surface area contributed by atoms with Gasteiger partial charge in [0, 0.05) is 17.1 Å². The molecule has 0 amide bonds. The second kappa shape index (κ2) is 6.51. The second-order valence-corrected chi connectivity index (χ2v) is 6.84. The van der Waals surface area contributed by atoms with Crippen LogP contribution in [0.4, 0.5) is 0 Å². The molecule has 1 aromatic heterocycles. The molecule has 0 fully saturated rings. The van der Waals surface area contributed by atoms with Gasteiger partial charge in [0.2, 0.25) is 0 Å². The third kappa shape index (κ3) is 2.90. The van der Waals surface area contributed by atoms with Gasteiger partial charge < -0.3 is 0 Å². The molecular weight excluding hydrogens is 349 g/mol. The van der Waals surface area contributed by atoms with Crippen molar-refractivity contribution < 1.29 is 0 Å². The number of aromatic nitrogens is 1. The molecule has 0 aliphatic rings. The fraction of sp³-hybridized carbons (Fsp3) is 0.0455. The van der Waals surface area contributed by atoms with Gasteiger partial charge in [-0.25, -0.2) is 0 Å². The third-order valence-corrected chi connectivity index (χ3v) is 5.00. The molecule has 0 unspecified atom stereocenters. The minimum absolute atomic E-state index is 0.605. The number of nitrogens with zero attached hydrogens (tertiary/aromatic N) is 1. The van der Waals surface area contributed by atoms with Crippen LogP contribution in [-0.4, -0.2) is 4.98 Å². The van der Waals surface area contributed by atoms with Crippen molar-refractivity contribution >= 4 is 34.0 Å². The van der Waals surface area contributed by atoms with E-state index in [1.807, 2.05) is 36.5 Å². The summed E-state index contributed by atoms with van der Waals surface area (Å²) in [6, 6.07) is 22.4. The highest BCUT2D eigenvalue weighted by Gasteiger charge is 2.14. The monoisotopic (exact) mass is 363 g/mol. The van der Waals surface area contributed by atoms with Crippen LogP contribution in [0.15, 0.2) is 72.9 Å². The summed E-state index contributed by atoms with van der Waals surface area (Å²) in [5.41, 5.74) is 5.18. The van der Waals surface area contributed by atoms with Crippen molar-refractivity contribution in [3.63, 3.8) is 0 Å². The van der Waals surface area contributed by atoms with Gasteiger partial charge in [-0.15, -0.1) is 0 Å². The molecule has 0 spiro atoms. The molecule has 4 aromatic rings. The molecule has 25 heavy (non-hydrogen) atoms. The zero-order valence-corrected chi connectivity index (χ0v) is 15.1. The SMILES string of the molecule is Cc1ccc(-c2cccc3c(-c4c(Cl)cccc4Cl)nccc23)cc1. The quantitative estimate of drug-likeness (QED) is 0.367. The molecule has 3 heteroatoms. The molecule has 0 bridgehead atoms. The van der Waals surface area contributed by atoms with Gasteiger partial charge in [0.15, 0.2) is 0 Å². The van der Waals surface area contributed by atoms with E-state index in [1.165, 1.54) is 16.7 Å². The maximum Gasteiger partial charge on any atom is 0.0810 e. The summed E-state index contributed by atoms with van der Waals surface area (Å²) in [5.74, 6) is 0. The number of hydrogen-bond donors (Lipinski definition) is 0. The van der Waals surface area contributed by atoms with Crippen molar-refractivity contribution in [1.82, 2.24) is 4.98 Å². The van der Waals surface area contributed by atoms with Gasteiger partial charge in [-0.05, 0) is 41.6 Å². The highest BCUT2D eigenvalue weighted by molar-refractivity contribution is 6.39. The molecule has 0 saturated heterocycles. The van der Waals surface area contributed by atoms with Gasteiger partial charge in [-0.2, -0.15) is 0 Å². The third-order valence-electron chi connectivity index (χ3n) is 4.37. The molecule has 0 aliphatic heterocycles. The number of rotatable bonds is 2. The Labute approximate surface area is 156 Å². The minimum Gasteiger partial charge on any atom is -0.255 e. The van der Waals surface area contributed by atoms with Crippen LogP contribution < -0.4 is 0 Å². The fourth-order valence-corrected chi connectivity index (χ4v) is 3.69. The van der Waals surface area contributed by atoms with E-state index >= 15 is 0 Å². The van der Waals surface area contributed by atoms with Gasteiger partial charge in [0.05, 0.1) is 15.7 Å². The van der Waals surface area contributed by atoms with E-state index in [0.29, 0.717) is 10.0 Å². The van der Waals surface area contributed by atoms with E-state index in [1.54, 1.807) is 0 Å². The van der Waals surface area contributed by atoms with E-state index in [0.717, 1.165) is 22.0 Å². The van der Waals surface area contributed by atoms with Crippen molar-refractivity contribution in [2.45, 2.75) is 6.92 Å². The predicted octanol–water partition coefficient (Wildman–Crippen LogP) is 7.18. The zero-order valence-electron chi connectivity index (χ0n) is 13.6. The zero-order chi connectivity index (χ0) is 17.4. The highest BCUT2D eigenvalue weighted by atomic mass is 35.5.